The summed E-state index contributed by atoms with van der Waals surface area (Å²) < 4.78 is 9.75. The van der Waals surface area contributed by atoms with Crippen molar-refractivity contribution in [3.05, 3.63) is 11.9 Å². The van der Waals surface area contributed by atoms with E-state index < -0.39 is 8.03 Å². The van der Waals surface area contributed by atoms with Gasteiger partial charge in [-0.2, -0.15) is 4.89 Å². The molecule has 0 aliphatic heterocycles. The highest BCUT2D eigenvalue weighted by atomic mass is 31.1. The van der Waals surface area contributed by atoms with E-state index in [-0.39, 0.29) is 0 Å². The van der Waals surface area contributed by atoms with Crippen LogP contribution in [0, 0.1) is 0 Å². The van der Waals surface area contributed by atoms with Crippen LogP contribution < -0.4 is 0 Å². The highest BCUT2D eigenvalue weighted by Crippen LogP contribution is 2.22. The van der Waals surface area contributed by atoms with E-state index in [1.807, 2.05) is 0 Å². The first kappa shape index (κ1) is 5.80. The molecule has 1 unspecified atom stereocenters. The zero-order chi connectivity index (χ0) is 5.15. The van der Waals surface area contributed by atoms with E-state index in [1.165, 1.54) is 6.92 Å². The van der Waals surface area contributed by atoms with E-state index in [9.17, 15) is 4.57 Å². The molecule has 6 heavy (non-hydrogen) atoms. The van der Waals surface area contributed by atoms with Gasteiger partial charge in [-0.3, -0.25) is 0 Å². The van der Waals surface area contributed by atoms with Crippen LogP contribution in [-0.2, 0) is 4.57 Å². The van der Waals surface area contributed by atoms with Crippen molar-refractivity contribution in [3.63, 3.8) is 0 Å². The van der Waals surface area contributed by atoms with Crippen LogP contribution in [0.5, 0.6) is 0 Å². The molecule has 0 aromatic heterocycles. The van der Waals surface area contributed by atoms with E-state index in [0.29, 0.717) is 5.31 Å². The second kappa shape index (κ2) is 2.06. The topological polar surface area (TPSA) is 37.3 Å². The Hall–Kier alpha value is -0.200. The summed E-state index contributed by atoms with van der Waals surface area (Å²) >= 11 is 0. The Balaban J connectivity index is 3.57. The van der Waals surface area contributed by atoms with Crippen LogP contribution in [0.2, 0.25) is 0 Å². The Morgan fingerprint density at radius 3 is 2.17 bits per heavy atom. The minimum atomic E-state index is -2.10. The lowest BCUT2D eigenvalue weighted by Gasteiger charge is -1.61. The molecular weight excluding hydrogens is 99.0 g/mol. The van der Waals surface area contributed by atoms with E-state index in [4.69, 9.17) is 4.89 Å². The zero-order valence-corrected chi connectivity index (χ0v) is 4.40. The van der Waals surface area contributed by atoms with Crippen LogP contribution in [0.25, 0.3) is 0 Å². The lowest BCUT2D eigenvalue weighted by atomic mass is 10.8. The molecule has 0 saturated heterocycles. The van der Waals surface area contributed by atoms with Crippen LogP contribution in [0.1, 0.15) is 6.92 Å². The van der Waals surface area contributed by atoms with Gasteiger partial charge in [0, 0.05) is 6.92 Å². The summed E-state index contributed by atoms with van der Waals surface area (Å²) in [4.78, 5) is 8.04. The summed E-state index contributed by atoms with van der Waals surface area (Å²) in [6.07, 6.45) is 0. The Morgan fingerprint density at radius 1 is 2.00 bits per heavy atom. The molecule has 0 heterocycles. The molecule has 0 bridgehead atoms. The fourth-order valence-electron chi connectivity index (χ4n) is 0. The van der Waals surface area contributed by atoms with Crippen LogP contribution >= 0.6 is 8.03 Å². The molecule has 0 radical (unpaired) electrons. The van der Waals surface area contributed by atoms with Gasteiger partial charge in [0.25, 0.3) is 0 Å². The fraction of sp³-hybridized carbons (Fsp3) is 0.333. The third kappa shape index (κ3) is 2.06. The van der Waals surface area contributed by atoms with E-state index >= 15 is 0 Å². The molecule has 0 spiro atoms. The predicted molar refractivity (Wildman–Crippen MR) is 24.6 cm³/mol. The van der Waals surface area contributed by atoms with Gasteiger partial charge in [-0.25, -0.2) is 0 Å². The first-order valence-electron chi connectivity index (χ1n) is 1.46. The van der Waals surface area contributed by atoms with Crippen molar-refractivity contribution >= 4 is 8.03 Å². The van der Waals surface area contributed by atoms with E-state index in [1.54, 1.807) is 0 Å². The fourth-order valence-corrected chi connectivity index (χ4v) is 0. The third-order valence-electron chi connectivity index (χ3n) is 0.327. The molecule has 0 amide bonds. The first-order valence-corrected chi connectivity index (χ1v) is 2.67. The minimum Gasteiger partial charge on any atom is -0.156 e. The van der Waals surface area contributed by atoms with Crippen LogP contribution in [0.3, 0.4) is 0 Å². The maximum Gasteiger partial charge on any atom is 0.540 e. The smallest absolute Gasteiger partial charge is 0.156 e. The molecule has 34 valence electrons. The first-order chi connectivity index (χ1) is 2.64. The van der Waals surface area contributed by atoms with Gasteiger partial charge in [0.05, 0.1) is 0 Å². The largest absolute Gasteiger partial charge is 0.540 e. The monoisotopic (exact) mass is 105 g/mol. The maximum atomic E-state index is 9.75. The summed E-state index contributed by atoms with van der Waals surface area (Å²) in [7, 11) is -2.10. The molecule has 0 aliphatic rings. The van der Waals surface area contributed by atoms with Crippen molar-refractivity contribution in [1.29, 1.82) is 0 Å². The quantitative estimate of drug-likeness (QED) is 0.509. The average Bonchev–Trinajstić information content (AvgIpc) is 1.36. The number of allylic oxidation sites excluding steroid dienone is 1. The SMILES string of the molecule is C=C(C)[P+](=O)O. The third-order valence-corrected chi connectivity index (χ3v) is 0.980. The standard InChI is InChI=1S/C3H5O2P/c1-3(2)6(4)5/h1H2,2H3/p+1. The van der Waals surface area contributed by atoms with Crippen LogP contribution in [-0.4, -0.2) is 4.89 Å². The molecule has 0 aromatic carbocycles. The molecule has 0 aromatic rings. The average molecular weight is 105 g/mol. The summed E-state index contributed by atoms with van der Waals surface area (Å²) in [5.74, 6) is 0. The van der Waals surface area contributed by atoms with Gasteiger partial charge in [0.2, 0.25) is 0 Å². The Morgan fingerprint density at radius 2 is 2.17 bits per heavy atom. The Labute approximate surface area is 37.4 Å². The van der Waals surface area contributed by atoms with Crippen molar-refractivity contribution in [2.45, 2.75) is 6.92 Å². The van der Waals surface area contributed by atoms with Gasteiger partial charge in [-0.15, -0.1) is 0 Å². The normalized spacial score (nSPS) is 10.7. The molecular formula is C3H6O2P+. The molecule has 1 N–H and O–H groups in total. The van der Waals surface area contributed by atoms with Gasteiger partial charge in [0.1, 0.15) is 0 Å². The minimum absolute atomic E-state index is 0.324. The molecule has 0 rings (SSSR count). The molecule has 0 aliphatic carbocycles. The van der Waals surface area contributed by atoms with Gasteiger partial charge >= 0.3 is 8.03 Å². The van der Waals surface area contributed by atoms with E-state index in [0.717, 1.165) is 0 Å². The predicted octanol–water partition coefficient (Wildman–Crippen LogP) is 1.25. The molecule has 0 saturated carbocycles. The van der Waals surface area contributed by atoms with Gasteiger partial charge in [-0.1, -0.05) is 0 Å². The summed E-state index contributed by atoms with van der Waals surface area (Å²) in [6.45, 7) is 4.73. The number of rotatable bonds is 1. The second-order valence-corrected chi connectivity index (χ2v) is 2.32. The van der Waals surface area contributed by atoms with Gasteiger partial charge in [0.15, 0.2) is 5.31 Å². The molecule has 0 fully saturated rings. The lowest BCUT2D eigenvalue weighted by Crippen LogP contribution is -1.54. The van der Waals surface area contributed by atoms with Gasteiger partial charge in [-0.05, 0) is 11.1 Å². The summed E-state index contributed by atoms with van der Waals surface area (Å²) in [5, 5.41) is 0.324. The van der Waals surface area contributed by atoms with Crippen molar-refractivity contribution in [1.82, 2.24) is 0 Å². The van der Waals surface area contributed by atoms with Crippen molar-refractivity contribution in [3.8, 4) is 0 Å². The summed E-state index contributed by atoms with van der Waals surface area (Å²) in [6, 6.07) is 0. The highest BCUT2D eigenvalue weighted by molar-refractivity contribution is 7.43. The summed E-state index contributed by atoms with van der Waals surface area (Å²) in [5.41, 5.74) is 0. The van der Waals surface area contributed by atoms with Crippen LogP contribution in [0.15, 0.2) is 11.9 Å². The second-order valence-electron chi connectivity index (χ2n) is 1.01. The van der Waals surface area contributed by atoms with Crippen molar-refractivity contribution in [2.24, 2.45) is 0 Å². The lowest BCUT2D eigenvalue weighted by molar-refractivity contribution is 0.510. The highest BCUT2D eigenvalue weighted by Gasteiger charge is 2.08. The Bertz CT molecular complexity index is 74.8. The number of hydrogen-bond acceptors (Lipinski definition) is 1. The molecule has 1 atom stereocenters. The maximum absolute atomic E-state index is 9.75. The molecule has 2 nitrogen and oxygen atoms in total. The van der Waals surface area contributed by atoms with Crippen LogP contribution in [0.4, 0.5) is 0 Å². The molecule has 3 heteroatoms. The number of hydrogen-bond donors (Lipinski definition) is 1. The van der Waals surface area contributed by atoms with Crippen molar-refractivity contribution in [2.75, 3.05) is 0 Å². The van der Waals surface area contributed by atoms with E-state index in [2.05, 4.69) is 6.58 Å². The van der Waals surface area contributed by atoms with Crippen molar-refractivity contribution < 1.29 is 9.46 Å². The van der Waals surface area contributed by atoms with Gasteiger partial charge < -0.3 is 0 Å². The Kier molecular flexibility index (Phi) is 1.99. The zero-order valence-electron chi connectivity index (χ0n) is 3.51.